The van der Waals surface area contributed by atoms with Gasteiger partial charge in [0.15, 0.2) is 6.61 Å². The Kier molecular flexibility index (Phi) is 5.04. The summed E-state index contributed by atoms with van der Waals surface area (Å²) in [6.07, 6.45) is 3.46. The van der Waals surface area contributed by atoms with Gasteiger partial charge in [0.05, 0.1) is 13.2 Å². The zero-order valence-electron chi connectivity index (χ0n) is 14.2. The molecular weight excluding hydrogens is 302 g/mol. The molecule has 0 radical (unpaired) electrons. The minimum absolute atomic E-state index is 0.0271. The van der Waals surface area contributed by atoms with Crippen molar-refractivity contribution in [2.24, 2.45) is 0 Å². The second-order valence-corrected chi connectivity index (χ2v) is 6.14. The number of nitrogens with one attached hydrogen (secondary N) is 1. The highest BCUT2D eigenvalue weighted by atomic mass is 16.5. The fourth-order valence-electron chi connectivity index (χ4n) is 3.05. The molecule has 0 spiro atoms. The molecule has 2 aromatic carbocycles. The minimum atomic E-state index is -0.126. The van der Waals surface area contributed by atoms with Crippen LogP contribution in [0.5, 0.6) is 11.5 Å². The number of fused-ring (bicyclic) bond motifs is 1. The molecule has 0 unspecified atom stereocenters. The smallest absolute Gasteiger partial charge is 0.258 e. The van der Waals surface area contributed by atoms with Gasteiger partial charge in [-0.3, -0.25) is 4.79 Å². The van der Waals surface area contributed by atoms with Gasteiger partial charge in [0.25, 0.3) is 5.91 Å². The topological polar surface area (TPSA) is 47.6 Å². The molecule has 0 bridgehead atoms. The van der Waals surface area contributed by atoms with Gasteiger partial charge in [0.1, 0.15) is 11.5 Å². The summed E-state index contributed by atoms with van der Waals surface area (Å²) < 4.78 is 10.8. The second-order valence-electron chi connectivity index (χ2n) is 6.14. The Morgan fingerprint density at radius 2 is 1.79 bits per heavy atom. The number of ether oxygens (including phenoxy) is 2. The molecule has 1 amide bonds. The van der Waals surface area contributed by atoms with Crippen LogP contribution in [0.25, 0.3) is 0 Å². The maximum absolute atomic E-state index is 12.1. The van der Waals surface area contributed by atoms with E-state index in [1.165, 1.54) is 17.5 Å². The molecule has 3 rings (SSSR count). The van der Waals surface area contributed by atoms with Gasteiger partial charge in [-0.05, 0) is 67.1 Å². The van der Waals surface area contributed by atoms with Crippen molar-refractivity contribution in [1.82, 2.24) is 5.32 Å². The fourth-order valence-corrected chi connectivity index (χ4v) is 3.05. The van der Waals surface area contributed by atoms with Gasteiger partial charge in [-0.1, -0.05) is 18.2 Å². The molecule has 0 fully saturated rings. The van der Waals surface area contributed by atoms with Crippen LogP contribution in [0.1, 0.15) is 36.1 Å². The third-order valence-corrected chi connectivity index (χ3v) is 4.43. The molecule has 0 aliphatic heterocycles. The predicted octanol–water partition coefficient (Wildman–Crippen LogP) is 3.44. The van der Waals surface area contributed by atoms with Crippen LogP contribution in [-0.2, 0) is 17.6 Å². The van der Waals surface area contributed by atoms with Crippen LogP contribution in [0.3, 0.4) is 0 Å². The van der Waals surface area contributed by atoms with E-state index >= 15 is 0 Å². The lowest BCUT2D eigenvalue weighted by Gasteiger charge is -2.15. The van der Waals surface area contributed by atoms with Crippen LogP contribution in [0.15, 0.2) is 42.5 Å². The van der Waals surface area contributed by atoms with Gasteiger partial charge in [0.2, 0.25) is 0 Å². The first-order valence-electron chi connectivity index (χ1n) is 8.33. The maximum Gasteiger partial charge on any atom is 0.258 e. The highest BCUT2D eigenvalue weighted by molar-refractivity contribution is 5.78. The Hall–Kier alpha value is -2.49. The largest absolute Gasteiger partial charge is 0.497 e. The Morgan fingerprint density at radius 3 is 2.54 bits per heavy atom. The van der Waals surface area contributed by atoms with Crippen molar-refractivity contribution in [1.29, 1.82) is 0 Å². The summed E-state index contributed by atoms with van der Waals surface area (Å²) in [6, 6.07) is 13.7. The average Bonchev–Trinajstić information content (AvgIpc) is 3.07. The van der Waals surface area contributed by atoms with Crippen LogP contribution in [0.2, 0.25) is 0 Å². The molecule has 4 nitrogen and oxygen atoms in total. The molecule has 0 aromatic heterocycles. The normalized spacial score (nSPS) is 13.9. The molecule has 0 saturated carbocycles. The first-order valence-corrected chi connectivity index (χ1v) is 8.33. The molecule has 2 aromatic rings. The summed E-state index contributed by atoms with van der Waals surface area (Å²) in [7, 11) is 1.64. The first-order chi connectivity index (χ1) is 11.7. The lowest BCUT2D eigenvalue weighted by atomic mass is 10.1. The molecule has 0 saturated heterocycles. The van der Waals surface area contributed by atoms with E-state index in [0.717, 1.165) is 29.9 Å². The van der Waals surface area contributed by atoms with E-state index in [1.54, 1.807) is 7.11 Å². The molecule has 1 aliphatic rings. The van der Waals surface area contributed by atoms with E-state index in [2.05, 4.69) is 17.4 Å². The van der Waals surface area contributed by atoms with Gasteiger partial charge in [-0.25, -0.2) is 0 Å². The van der Waals surface area contributed by atoms with Crippen molar-refractivity contribution >= 4 is 5.91 Å². The summed E-state index contributed by atoms with van der Waals surface area (Å²) in [5, 5.41) is 2.95. The Labute approximate surface area is 142 Å². The molecule has 1 N–H and O–H groups in total. The third kappa shape index (κ3) is 3.88. The van der Waals surface area contributed by atoms with E-state index in [1.807, 2.05) is 37.3 Å². The third-order valence-electron chi connectivity index (χ3n) is 4.43. The van der Waals surface area contributed by atoms with Gasteiger partial charge >= 0.3 is 0 Å². The van der Waals surface area contributed by atoms with Crippen LogP contribution in [0, 0.1) is 0 Å². The monoisotopic (exact) mass is 325 g/mol. The van der Waals surface area contributed by atoms with Gasteiger partial charge in [0, 0.05) is 0 Å². The highest BCUT2D eigenvalue weighted by Crippen LogP contribution is 2.26. The fraction of sp³-hybridized carbons (Fsp3) is 0.350. The van der Waals surface area contributed by atoms with E-state index in [9.17, 15) is 4.79 Å². The summed E-state index contributed by atoms with van der Waals surface area (Å²) >= 11 is 0. The van der Waals surface area contributed by atoms with E-state index in [-0.39, 0.29) is 18.6 Å². The number of aryl methyl sites for hydroxylation is 2. The SMILES string of the molecule is COc1ccc([C@@H](C)NC(=O)COc2ccc3c(c2)CCC3)cc1. The molecule has 4 heteroatoms. The van der Waals surface area contributed by atoms with E-state index in [4.69, 9.17) is 9.47 Å². The molecular formula is C20H23NO3. The van der Waals surface area contributed by atoms with Gasteiger partial charge in [-0.15, -0.1) is 0 Å². The number of carbonyl (C=O) groups is 1. The predicted molar refractivity (Wildman–Crippen MR) is 93.5 cm³/mol. The summed E-state index contributed by atoms with van der Waals surface area (Å²) in [6.45, 7) is 1.98. The number of rotatable bonds is 6. The van der Waals surface area contributed by atoms with E-state index < -0.39 is 0 Å². The number of carbonyl (C=O) groups excluding carboxylic acids is 1. The molecule has 1 aliphatic carbocycles. The van der Waals surface area contributed by atoms with Gasteiger partial charge in [-0.2, -0.15) is 0 Å². The number of hydrogen-bond donors (Lipinski definition) is 1. The van der Waals surface area contributed by atoms with Crippen molar-refractivity contribution in [3.05, 3.63) is 59.2 Å². The summed E-state index contributed by atoms with van der Waals surface area (Å²) in [4.78, 5) is 12.1. The Bertz CT molecular complexity index is 709. The van der Waals surface area contributed by atoms with Crippen molar-refractivity contribution < 1.29 is 14.3 Å². The number of amides is 1. The maximum atomic E-state index is 12.1. The van der Waals surface area contributed by atoms with Crippen LogP contribution < -0.4 is 14.8 Å². The Morgan fingerprint density at radius 1 is 1.08 bits per heavy atom. The Balaban J connectivity index is 1.51. The van der Waals surface area contributed by atoms with Crippen LogP contribution >= 0.6 is 0 Å². The molecule has 24 heavy (non-hydrogen) atoms. The number of benzene rings is 2. The summed E-state index contributed by atoms with van der Waals surface area (Å²) in [5.74, 6) is 1.44. The standard InChI is InChI=1S/C20H23NO3/c1-14(15-6-9-18(23-2)10-7-15)21-20(22)13-24-19-11-8-16-4-3-5-17(16)12-19/h6-12,14H,3-5,13H2,1-2H3,(H,21,22)/t14-/m1/s1. The molecule has 1 atom stereocenters. The van der Waals surface area contributed by atoms with Crippen molar-refractivity contribution in [3.8, 4) is 11.5 Å². The lowest BCUT2D eigenvalue weighted by Crippen LogP contribution is -2.31. The highest BCUT2D eigenvalue weighted by Gasteiger charge is 2.13. The molecule has 126 valence electrons. The number of methoxy groups -OCH3 is 1. The summed E-state index contributed by atoms with van der Waals surface area (Å²) in [5.41, 5.74) is 3.78. The second kappa shape index (κ2) is 7.39. The van der Waals surface area contributed by atoms with Crippen molar-refractivity contribution in [2.45, 2.75) is 32.2 Å². The number of hydrogen-bond acceptors (Lipinski definition) is 3. The van der Waals surface area contributed by atoms with Crippen LogP contribution in [-0.4, -0.2) is 19.6 Å². The van der Waals surface area contributed by atoms with E-state index in [0.29, 0.717) is 0 Å². The average molecular weight is 325 g/mol. The van der Waals surface area contributed by atoms with Gasteiger partial charge < -0.3 is 14.8 Å². The quantitative estimate of drug-likeness (QED) is 0.885. The van der Waals surface area contributed by atoms with Crippen molar-refractivity contribution in [2.75, 3.05) is 13.7 Å². The zero-order chi connectivity index (χ0) is 16.9. The molecule has 0 heterocycles. The first kappa shape index (κ1) is 16.4. The minimum Gasteiger partial charge on any atom is -0.497 e. The lowest BCUT2D eigenvalue weighted by molar-refractivity contribution is -0.123. The zero-order valence-corrected chi connectivity index (χ0v) is 14.2. The van der Waals surface area contributed by atoms with Crippen molar-refractivity contribution in [3.63, 3.8) is 0 Å². The van der Waals surface area contributed by atoms with Crippen LogP contribution in [0.4, 0.5) is 0 Å².